The van der Waals surface area contributed by atoms with Crippen molar-refractivity contribution in [2.45, 2.75) is 27.0 Å². The number of ether oxygens (including phenoxy) is 1. The monoisotopic (exact) mass is 278 g/mol. The number of aromatic nitrogens is 3. The topological polar surface area (TPSA) is 72.5 Å². The van der Waals surface area contributed by atoms with Crippen LogP contribution in [0.2, 0.25) is 0 Å². The van der Waals surface area contributed by atoms with Crippen LogP contribution in [0.1, 0.15) is 25.2 Å². The average molecular weight is 278 g/mol. The van der Waals surface area contributed by atoms with E-state index in [0.29, 0.717) is 23.7 Å². The molecule has 0 bridgehead atoms. The molecule has 106 valence electrons. The van der Waals surface area contributed by atoms with E-state index in [9.17, 15) is 4.39 Å². The molecule has 0 aliphatic rings. The number of aryl methyl sites for hydroxylation is 1. The molecule has 2 aromatic rings. The van der Waals surface area contributed by atoms with Gasteiger partial charge in [0.2, 0.25) is 0 Å². The fraction of sp³-hybridized carbons (Fsp3) is 0.308. The molecule has 7 heteroatoms. The van der Waals surface area contributed by atoms with Gasteiger partial charge in [0.25, 0.3) is 0 Å². The van der Waals surface area contributed by atoms with E-state index >= 15 is 0 Å². The molecule has 0 radical (unpaired) electrons. The molecule has 0 amide bonds. The van der Waals surface area contributed by atoms with Gasteiger partial charge in [0, 0.05) is 12.1 Å². The molecule has 1 N–H and O–H groups in total. The Hall–Kier alpha value is -2.44. The molecule has 0 saturated carbocycles. The van der Waals surface area contributed by atoms with Gasteiger partial charge >= 0.3 is 0 Å². The van der Waals surface area contributed by atoms with Crippen LogP contribution >= 0.6 is 0 Å². The minimum absolute atomic E-state index is 0.200. The Morgan fingerprint density at radius 1 is 1.50 bits per heavy atom. The Labute approximate surface area is 115 Å². The summed E-state index contributed by atoms with van der Waals surface area (Å²) in [6, 6.07) is 4.04. The summed E-state index contributed by atoms with van der Waals surface area (Å²) in [5.41, 5.74) is 0.673. The molecule has 0 spiro atoms. The molecule has 6 nitrogen and oxygen atoms in total. The zero-order chi connectivity index (χ0) is 14.5. The summed E-state index contributed by atoms with van der Waals surface area (Å²) in [6.45, 7) is 4.40. The molecule has 2 rings (SSSR count). The summed E-state index contributed by atoms with van der Waals surface area (Å²) in [5, 5.41) is 15.9. The summed E-state index contributed by atoms with van der Waals surface area (Å²) in [5.74, 6) is 0.667. The maximum Gasteiger partial charge on any atom is 0.164 e. The lowest BCUT2D eigenvalue weighted by Gasteiger charge is -2.11. The third-order valence-corrected chi connectivity index (χ3v) is 2.83. The van der Waals surface area contributed by atoms with Gasteiger partial charge in [-0.25, -0.2) is 14.1 Å². The SMILES string of the molecule is CCn1ncnc1COc1ccc(F)cc1/C(C)=N/O. The van der Waals surface area contributed by atoms with E-state index in [1.54, 1.807) is 11.6 Å². The van der Waals surface area contributed by atoms with Crippen LogP contribution in [0.4, 0.5) is 4.39 Å². The van der Waals surface area contributed by atoms with E-state index in [1.807, 2.05) is 6.92 Å². The first-order chi connectivity index (χ1) is 9.65. The quantitative estimate of drug-likeness (QED) is 0.517. The van der Waals surface area contributed by atoms with Crippen molar-refractivity contribution in [2.75, 3.05) is 0 Å². The number of oxime groups is 1. The van der Waals surface area contributed by atoms with E-state index in [1.165, 1.54) is 24.5 Å². The third kappa shape index (κ3) is 2.93. The second-order valence-corrected chi connectivity index (χ2v) is 4.11. The molecule has 1 heterocycles. The molecule has 0 unspecified atom stereocenters. The van der Waals surface area contributed by atoms with Crippen LogP contribution in [0.3, 0.4) is 0 Å². The number of nitrogens with zero attached hydrogens (tertiary/aromatic N) is 4. The van der Waals surface area contributed by atoms with Crippen LogP contribution in [-0.2, 0) is 13.2 Å². The number of hydrogen-bond donors (Lipinski definition) is 1. The number of hydrogen-bond acceptors (Lipinski definition) is 5. The summed E-state index contributed by atoms with van der Waals surface area (Å²) < 4.78 is 20.6. The molecule has 0 atom stereocenters. The van der Waals surface area contributed by atoms with E-state index in [0.717, 1.165) is 0 Å². The predicted molar refractivity (Wildman–Crippen MR) is 70.4 cm³/mol. The van der Waals surface area contributed by atoms with Crippen LogP contribution < -0.4 is 4.74 Å². The van der Waals surface area contributed by atoms with Gasteiger partial charge in [0.05, 0.1) is 5.71 Å². The fourth-order valence-electron chi connectivity index (χ4n) is 1.77. The van der Waals surface area contributed by atoms with Crippen molar-refractivity contribution in [1.82, 2.24) is 14.8 Å². The van der Waals surface area contributed by atoms with Crippen LogP contribution in [-0.4, -0.2) is 25.7 Å². The highest BCUT2D eigenvalue weighted by molar-refractivity contribution is 6.00. The third-order valence-electron chi connectivity index (χ3n) is 2.83. The largest absolute Gasteiger partial charge is 0.485 e. The van der Waals surface area contributed by atoms with Crippen molar-refractivity contribution in [3.8, 4) is 5.75 Å². The second-order valence-electron chi connectivity index (χ2n) is 4.11. The Balaban J connectivity index is 2.21. The first kappa shape index (κ1) is 14.0. The molecule has 1 aromatic heterocycles. The van der Waals surface area contributed by atoms with Crippen molar-refractivity contribution < 1.29 is 14.3 Å². The minimum atomic E-state index is -0.424. The van der Waals surface area contributed by atoms with Crippen molar-refractivity contribution in [3.05, 3.63) is 41.7 Å². The maximum absolute atomic E-state index is 13.3. The van der Waals surface area contributed by atoms with Crippen molar-refractivity contribution in [2.24, 2.45) is 5.16 Å². The Morgan fingerprint density at radius 2 is 2.30 bits per heavy atom. The van der Waals surface area contributed by atoms with Gasteiger partial charge in [-0.3, -0.25) is 0 Å². The van der Waals surface area contributed by atoms with Crippen LogP contribution in [0.5, 0.6) is 5.75 Å². The van der Waals surface area contributed by atoms with Crippen molar-refractivity contribution in [1.29, 1.82) is 0 Å². The van der Waals surface area contributed by atoms with Gasteiger partial charge in [0.1, 0.15) is 24.5 Å². The number of halogens is 1. The Kier molecular flexibility index (Phi) is 4.29. The molecular formula is C13H15FN4O2. The lowest BCUT2D eigenvalue weighted by Crippen LogP contribution is -2.09. The summed E-state index contributed by atoms with van der Waals surface area (Å²) in [6.07, 6.45) is 1.45. The van der Waals surface area contributed by atoms with Gasteiger partial charge in [-0.2, -0.15) is 5.10 Å². The molecule has 0 aliphatic heterocycles. The van der Waals surface area contributed by atoms with Crippen molar-refractivity contribution in [3.63, 3.8) is 0 Å². The molecule has 0 saturated heterocycles. The van der Waals surface area contributed by atoms with Crippen LogP contribution in [0.25, 0.3) is 0 Å². The van der Waals surface area contributed by atoms with E-state index in [-0.39, 0.29) is 12.3 Å². The van der Waals surface area contributed by atoms with E-state index < -0.39 is 5.82 Å². The van der Waals surface area contributed by atoms with Gasteiger partial charge in [-0.1, -0.05) is 5.16 Å². The van der Waals surface area contributed by atoms with Gasteiger partial charge in [-0.05, 0) is 32.0 Å². The maximum atomic E-state index is 13.3. The van der Waals surface area contributed by atoms with E-state index in [2.05, 4.69) is 15.2 Å². The standard InChI is InChI=1S/C13H15FN4O2/c1-3-18-13(15-8-16-18)7-20-12-5-4-10(14)6-11(12)9(2)17-19/h4-6,8,19H,3,7H2,1-2H3/b17-9+. The summed E-state index contributed by atoms with van der Waals surface area (Å²) in [7, 11) is 0. The van der Waals surface area contributed by atoms with Crippen LogP contribution in [0, 0.1) is 5.82 Å². The van der Waals surface area contributed by atoms with Gasteiger partial charge in [-0.15, -0.1) is 0 Å². The highest BCUT2D eigenvalue weighted by atomic mass is 19.1. The van der Waals surface area contributed by atoms with Crippen molar-refractivity contribution >= 4 is 5.71 Å². The zero-order valence-electron chi connectivity index (χ0n) is 11.2. The lowest BCUT2D eigenvalue weighted by atomic mass is 10.1. The Bertz CT molecular complexity index is 625. The second kappa shape index (κ2) is 6.14. The van der Waals surface area contributed by atoms with Gasteiger partial charge in [0.15, 0.2) is 5.82 Å². The minimum Gasteiger partial charge on any atom is -0.485 e. The zero-order valence-corrected chi connectivity index (χ0v) is 11.2. The smallest absolute Gasteiger partial charge is 0.164 e. The van der Waals surface area contributed by atoms with Gasteiger partial charge < -0.3 is 9.94 Å². The first-order valence-corrected chi connectivity index (χ1v) is 6.13. The summed E-state index contributed by atoms with van der Waals surface area (Å²) in [4.78, 5) is 4.09. The molecule has 0 aliphatic carbocycles. The molecule has 1 aromatic carbocycles. The molecule has 0 fully saturated rings. The highest BCUT2D eigenvalue weighted by Crippen LogP contribution is 2.21. The highest BCUT2D eigenvalue weighted by Gasteiger charge is 2.11. The summed E-state index contributed by atoms with van der Waals surface area (Å²) >= 11 is 0. The fourth-order valence-corrected chi connectivity index (χ4v) is 1.77. The average Bonchev–Trinajstić information content (AvgIpc) is 2.92. The Morgan fingerprint density at radius 3 is 3.00 bits per heavy atom. The molecular weight excluding hydrogens is 263 g/mol. The normalized spacial score (nSPS) is 11.7. The predicted octanol–water partition coefficient (Wildman–Crippen LogP) is 2.21. The number of benzene rings is 1. The first-order valence-electron chi connectivity index (χ1n) is 6.13. The number of rotatable bonds is 5. The van der Waals surface area contributed by atoms with E-state index in [4.69, 9.17) is 9.94 Å². The molecule has 20 heavy (non-hydrogen) atoms. The lowest BCUT2D eigenvalue weighted by molar-refractivity contribution is 0.285. The van der Waals surface area contributed by atoms with Crippen LogP contribution in [0.15, 0.2) is 29.7 Å².